The summed E-state index contributed by atoms with van der Waals surface area (Å²) in [5.74, 6) is 1.88. The quantitative estimate of drug-likeness (QED) is 0.114. The molecule has 0 amide bonds. The Balaban J connectivity index is 1.53. The number of rotatable bonds is 12. The Hall–Kier alpha value is -3.24. The maximum absolute atomic E-state index is 9.14. The van der Waals surface area contributed by atoms with Crippen molar-refractivity contribution in [3.8, 4) is 34.4 Å². The van der Waals surface area contributed by atoms with Gasteiger partial charge in [-0.2, -0.15) is 5.26 Å². The van der Waals surface area contributed by atoms with Crippen molar-refractivity contribution in [2.24, 2.45) is 0 Å². The average Bonchev–Trinajstić information content (AvgIpc) is 2.97. The van der Waals surface area contributed by atoms with Gasteiger partial charge in [0.2, 0.25) is 0 Å². The van der Waals surface area contributed by atoms with Gasteiger partial charge in [0, 0.05) is 34.9 Å². The number of hydrogen-bond acceptors (Lipinski definition) is 5. The van der Waals surface area contributed by atoms with Gasteiger partial charge in [-0.1, -0.05) is 76.4 Å². The number of halogens is 3. The molecule has 0 atom stereocenters. The lowest BCUT2D eigenvalue weighted by Gasteiger charge is -2.17. The zero-order valence-electron chi connectivity index (χ0n) is 22.3. The maximum atomic E-state index is 9.14. The molecule has 0 N–H and O–H groups in total. The van der Waals surface area contributed by atoms with E-state index in [1.807, 2.05) is 55.5 Å². The first kappa shape index (κ1) is 29.7. The van der Waals surface area contributed by atoms with Crippen molar-refractivity contribution in [2.75, 3.05) is 11.9 Å². The molecule has 3 aromatic carbocycles. The third-order valence-corrected chi connectivity index (χ3v) is 7.68. The van der Waals surface area contributed by atoms with Gasteiger partial charge in [-0.15, -0.1) is 0 Å². The fourth-order valence-electron chi connectivity index (χ4n) is 4.24. The number of alkyl halides is 1. The Labute approximate surface area is 253 Å². The molecule has 1 heterocycles. The van der Waals surface area contributed by atoms with E-state index in [1.54, 1.807) is 12.3 Å². The maximum Gasteiger partial charge on any atom is 0.142 e. The van der Waals surface area contributed by atoms with Crippen molar-refractivity contribution in [3.05, 3.63) is 105 Å². The summed E-state index contributed by atoms with van der Waals surface area (Å²) in [6, 6.07) is 19.5. The fraction of sp³-hybridized carbons (Fsp3) is 0.250. The predicted molar refractivity (Wildman–Crippen MR) is 164 cm³/mol. The van der Waals surface area contributed by atoms with Crippen molar-refractivity contribution in [2.45, 2.75) is 39.9 Å². The summed E-state index contributed by atoms with van der Waals surface area (Å²) < 4.78 is 18.2. The van der Waals surface area contributed by atoms with Gasteiger partial charge in [-0.3, -0.25) is 4.98 Å². The Morgan fingerprint density at radius 3 is 2.42 bits per heavy atom. The van der Waals surface area contributed by atoms with Crippen LogP contribution in [0.25, 0.3) is 11.1 Å². The minimum absolute atomic E-state index is 0.275. The molecule has 8 heteroatoms. The summed E-state index contributed by atoms with van der Waals surface area (Å²) >= 11 is 16.8. The number of nitriles is 1. The Bertz CT molecular complexity index is 1520. The van der Waals surface area contributed by atoms with Gasteiger partial charge < -0.3 is 14.2 Å². The molecule has 0 aliphatic carbocycles. The lowest BCUT2D eigenvalue weighted by atomic mass is 9.96. The Morgan fingerprint density at radius 1 is 0.875 bits per heavy atom. The van der Waals surface area contributed by atoms with Gasteiger partial charge in [0.05, 0.1) is 22.2 Å². The average molecular weight is 640 g/mol. The van der Waals surface area contributed by atoms with E-state index in [4.69, 9.17) is 42.7 Å². The second-order valence-corrected chi connectivity index (χ2v) is 10.7. The SMILES string of the molecule is CCc1cc(Cl)c(OCc2cccc(-c3cccc(OCCCBr)c3Cl)c2C)cc1OCc1cncc(C#N)c1. The topological polar surface area (TPSA) is 64.4 Å². The molecule has 0 fully saturated rings. The second-order valence-electron chi connectivity index (χ2n) is 9.11. The van der Waals surface area contributed by atoms with Gasteiger partial charge in [0.1, 0.15) is 36.5 Å². The van der Waals surface area contributed by atoms with E-state index >= 15 is 0 Å². The van der Waals surface area contributed by atoms with Crippen LogP contribution in [0.3, 0.4) is 0 Å². The van der Waals surface area contributed by atoms with E-state index < -0.39 is 0 Å². The summed E-state index contributed by atoms with van der Waals surface area (Å²) in [5.41, 5.74) is 6.26. The summed E-state index contributed by atoms with van der Waals surface area (Å²) in [6.45, 7) is 5.28. The van der Waals surface area contributed by atoms with E-state index in [0.29, 0.717) is 46.1 Å². The third-order valence-electron chi connectivity index (χ3n) is 6.43. The molecule has 0 saturated heterocycles. The lowest BCUT2D eigenvalue weighted by Crippen LogP contribution is -2.03. The highest BCUT2D eigenvalue weighted by molar-refractivity contribution is 9.09. The predicted octanol–water partition coefficient (Wildman–Crippen LogP) is 9.12. The van der Waals surface area contributed by atoms with Crippen LogP contribution >= 0.6 is 39.1 Å². The molecule has 1 aromatic heterocycles. The minimum atomic E-state index is 0.275. The van der Waals surface area contributed by atoms with Crippen LogP contribution in [0.1, 0.15) is 41.2 Å². The lowest BCUT2D eigenvalue weighted by molar-refractivity contribution is 0.287. The van der Waals surface area contributed by atoms with E-state index in [9.17, 15) is 0 Å². The summed E-state index contributed by atoms with van der Waals surface area (Å²) in [6.07, 6.45) is 4.85. The van der Waals surface area contributed by atoms with Crippen LogP contribution < -0.4 is 14.2 Å². The molecule has 0 aliphatic rings. The summed E-state index contributed by atoms with van der Waals surface area (Å²) in [4.78, 5) is 4.10. The molecular formula is C32H29BrCl2N2O3. The first-order valence-corrected chi connectivity index (χ1v) is 14.8. The first-order chi connectivity index (χ1) is 19.4. The van der Waals surface area contributed by atoms with Crippen molar-refractivity contribution in [1.29, 1.82) is 5.26 Å². The number of aromatic nitrogens is 1. The van der Waals surface area contributed by atoms with Crippen molar-refractivity contribution in [3.63, 3.8) is 0 Å². The largest absolute Gasteiger partial charge is 0.492 e. The van der Waals surface area contributed by atoms with Gasteiger partial charge in [-0.25, -0.2) is 0 Å². The molecule has 4 rings (SSSR count). The van der Waals surface area contributed by atoms with Crippen LogP contribution in [0, 0.1) is 18.3 Å². The number of pyridine rings is 1. The Kier molecular flexibility index (Phi) is 10.7. The Morgan fingerprint density at radius 2 is 1.65 bits per heavy atom. The minimum Gasteiger partial charge on any atom is -0.492 e. The highest BCUT2D eigenvalue weighted by atomic mass is 79.9. The van der Waals surface area contributed by atoms with Gasteiger partial charge >= 0.3 is 0 Å². The van der Waals surface area contributed by atoms with Crippen molar-refractivity contribution < 1.29 is 14.2 Å². The smallest absolute Gasteiger partial charge is 0.142 e. The van der Waals surface area contributed by atoms with E-state index in [-0.39, 0.29) is 6.61 Å². The number of aryl methyl sites for hydroxylation is 1. The molecular weight excluding hydrogens is 611 g/mol. The van der Waals surface area contributed by atoms with Crippen LogP contribution in [0.2, 0.25) is 10.0 Å². The zero-order valence-corrected chi connectivity index (χ0v) is 25.4. The third kappa shape index (κ3) is 7.28. The first-order valence-electron chi connectivity index (χ1n) is 12.9. The normalized spacial score (nSPS) is 10.7. The second kappa shape index (κ2) is 14.4. The van der Waals surface area contributed by atoms with Crippen LogP contribution in [0.15, 0.2) is 67.0 Å². The molecule has 40 heavy (non-hydrogen) atoms. The summed E-state index contributed by atoms with van der Waals surface area (Å²) in [7, 11) is 0. The number of hydrogen-bond donors (Lipinski definition) is 0. The van der Waals surface area contributed by atoms with Gasteiger partial charge in [0.25, 0.3) is 0 Å². The fourth-order valence-corrected chi connectivity index (χ4v) is 4.99. The highest BCUT2D eigenvalue weighted by Crippen LogP contribution is 2.38. The standard InChI is InChI=1S/C32H29BrCl2N2O3/c1-3-24-14-28(34)31(15-30(24)39-19-23-13-22(16-36)17-37-18-23)40-20-25-7-4-8-26(21(25)2)27-9-5-10-29(32(27)35)38-12-6-11-33/h4-5,7-10,13-15,17-18H,3,6,11-12,19-20H2,1-2H3. The number of ether oxygens (including phenoxy) is 3. The highest BCUT2D eigenvalue weighted by Gasteiger charge is 2.15. The van der Waals surface area contributed by atoms with Gasteiger partial charge in [-0.05, 0) is 60.2 Å². The number of benzene rings is 3. The number of nitrogens with zero attached hydrogens (tertiary/aromatic N) is 2. The molecule has 206 valence electrons. The molecule has 4 aromatic rings. The molecule has 0 unspecified atom stereocenters. The molecule has 0 bridgehead atoms. The molecule has 5 nitrogen and oxygen atoms in total. The van der Waals surface area contributed by atoms with Crippen LogP contribution in [0.4, 0.5) is 0 Å². The zero-order chi connectivity index (χ0) is 28.5. The summed E-state index contributed by atoms with van der Waals surface area (Å²) in [5, 5.41) is 11.1. The van der Waals surface area contributed by atoms with Crippen LogP contribution in [-0.2, 0) is 19.6 Å². The molecule has 0 saturated carbocycles. The van der Waals surface area contributed by atoms with Crippen LogP contribution in [-0.4, -0.2) is 16.9 Å². The van der Waals surface area contributed by atoms with Crippen molar-refractivity contribution in [1.82, 2.24) is 4.98 Å². The molecule has 0 spiro atoms. The monoisotopic (exact) mass is 638 g/mol. The molecule has 0 aliphatic heterocycles. The van der Waals surface area contributed by atoms with E-state index in [0.717, 1.165) is 51.6 Å². The van der Waals surface area contributed by atoms with E-state index in [2.05, 4.69) is 33.9 Å². The van der Waals surface area contributed by atoms with Crippen LogP contribution in [0.5, 0.6) is 17.2 Å². The van der Waals surface area contributed by atoms with E-state index in [1.165, 1.54) is 6.20 Å². The van der Waals surface area contributed by atoms with Gasteiger partial charge in [0.15, 0.2) is 0 Å². The van der Waals surface area contributed by atoms with Crippen molar-refractivity contribution >= 4 is 39.1 Å². The molecule has 0 radical (unpaired) electrons.